The zero-order valence-corrected chi connectivity index (χ0v) is 15.1. The Kier molecular flexibility index (Phi) is 5.37. The van der Waals surface area contributed by atoms with Gasteiger partial charge in [0.1, 0.15) is 19.3 Å². The number of fused-ring (bicyclic) bond motifs is 1. The van der Waals surface area contributed by atoms with Crippen LogP contribution in [0.5, 0.6) is 11.5 Å². The lowest BCUT2D eigenvalue weighted by Crippen LogP contribution is -2.47. The Bertz CT molecular complexity index is 804. The zero-order valence-electron chi connectivity index (χ0n) is 14.4. The Labute approximate surface area is 155 Å². The van der Waals surface area contributed by atoms with Gasteiger partial charge in [0.2, 0.25) is 5.91 Å². The van der Waals surface area contributed by atoms with Crippen molar-refractivity contribution in [1.29, 1.82) is 0 Å². The number of benzene rings is 1. The molecule has 2 N–H and O–H groups in total. The monoisotopic (exact) mass is 378 g/mol. The summed E-state index contributed by atoms with van der Waals surface area (Å²) in [6.07, 6.45) is 1.40. The van der Waals surface area contributed by atoms with E-state index in [9.17, 15) is 9.59 Å². The van der Waals surface area contributed by atoms with Crippen LogP contribution in [0.1, 0.15) is 24.4 Å². The molecule has 0 bridgehead atoms. The molecule has 0 saturated heterocycles. The number of carbonyl (C=O) groups is 2. The topological polar surface area (TPSA) is 89.8 Å². The van der Waals surface area contributed by atoms with Crippen molar-refractivity contribution in [3.63, 3.8) is 0 Å². The van der Waals surface area contributed by atoms with Crippen molar-refractivity contribution in [3.05, 3.63) is 41.3 Å². The summed E-state index contributed by atoms with van der Waals surface area (Å²) in [5.41, 5.74) is 0.388. The Balaban J connectivity index is 1.75. The van der Waals surface area contributed by atoms with Gasteiger partial charge in [0.15, 0.2) is 17.3 Å². The van der Waals surface area contributed by atoms with Gasteiger partial charge in [0, 0.05) is 12.1 Å². The lowest BCUT2D eigenvalue weighted by atomic mass is 10.0. The number of halogens is 1. The molecule has 0 radical (unpaired) electrons. The minimum absolute atomic E-state index is 0.140. The Morgan fingerprint density at radius 3 is 2.46 bits per heavy atom. The third-order valence-corrected chi connectivity index (χ3v) is 4.18. The number of hydrogen-bond donors (Lipinski definition) is 2. The lowest BCUT2D eigenvalue weighted by Gasteiger charge is -2.23. The molecule has 1 aliphatic heterocycles. The second-order valence-corrected chi connectivity index (χ2v) is 6.54. The van der Waals surface area contributed by atoms with Crippen LogP contribution in [0.3, 0.4) is 0 Å². The molecule has 1 aliphatic rings. The summed E-state index contributed by atoms with van der Waals surface area (Å²) >= 11 is 6.22. The first-order valence-corrected chi connectivity index (χ1v) is 8.58. The van der Waals surface area contributed by atoms with Crippen LogP contribution in [0.15, 0.2) is 34.9 Å². The van der Waals surface area contributed by atoms with Gasteiger partial charge in [-0.15, -0.1) is 0 Å². The Hall–Kier alpha value is -2.67. The first-order chi connectivity index (χ1) is 12.5. The Morgan fingerprint density at radius 1 is 1.15 bits per heavy atom. The first-order valence-electron chi connectivity index (χ1n) is 8.20. The van der Waals surface area contributed by atoms with Crippen molar-refractivity contribution >= 4 is 29.1 Å². The van der Waals surface area contributed by atoms with Gasteiger partial charge in [-0.3, -0.25) is 9.59 Å². The number of nitrogens with one attached hydrogen (secondary N) is 2. The summed E-state index contributed by atoms with van der Waals surface area (Å²) in [5, 5.41) is 5.74. The largest absolute Gasteiger partial charge is 0.486 e. The molecule has 3 rings (SSSR count). The average Bonchev–Trinajstić information content (AvgIpc) is 3.14. The third-order valence-electron chi connectivity index (χ3n) is 3.87. The number of ether oxygens (including phenoxy) is 2. The van der Waals surface area contributed by atoms with E-state index in [-0.39, 0.29) is 11.7 Å². The number of rotatable bonds is 5. The molecule has 2 aromatic rings. The van der Waals surface area contributed by atoms with Crippen molar-refractivity contribution in [3.8, 4) is 11.5 Å². The number of hydrogen-bond acceptors (Lipinski definition) is 5. The molecule has 1 aromatic heterocycles. The molecule has 138 valence electrons. The van der Waals surface area contributed by atoms with Gasteiger partial charge in [-0.05, 0) is 18.1 Å². The smallest absolute Gasteiger partial charge is 0.287 e. The van der Waals surface area contributed by atoms with E-state index in [4.69, 9.17) is 25.5 Å². The van der Waals surface area contributed by atoms with Crippen molar-refractivity contribution in [2.45, 2.75) is 19.9 Å². The van der Waals surface area contributed by atoms with E-state index >= 15 is 0 Å². The molecule has 2 heterocycles. The SMILES string of the molecule is CC(C)C(NC(=O)c1ccco1)C(=O)Nc1cc2c(cc1Cl)OCCO2. The third kappa shape index (κ3) is 3.94. The maximum absolute atomic E-state index is 12.7. The number of anilines is 1. The van der Waals surface area contributed by atoms with Crippen LogP contribution >= 0.6 is 11.6 Å². The average molecular weight is 379 g/mol. The van der Waals surface area contributed by atoms with Gasteiger partial charge in [-0.1, -0.05) is 25.4 Å². The maximum Gasteiger partial charge on any atom is 0.287 e. The van der Waals surface area contributed by atoms with Gasteiger partial charge in [-0.2, -0.15) is 0 Å². The van der Waals surface area contributed by atoms with Crippen molar-refractivity contribution in [1.82, 2.24) is 5.32 Å². The Morgan fingerprint density at radius 2 is 1.85 bits per heavy atom. The molecule has 8 heteroatoms. The zero-order chi connectivity index (χ0) is 18.7. The highest BCUT2D eigenvalue weighted by atomic mass is 35.5. The van der Waals surface area contributed by atoms with E-state index in [0.717, 1.165) is 0 Å². The second-order valence-electron chi connectivity index (χ2n) is 6.14. The number of amides is 2. The molecular formula is C18H19ClN2O5. The van der Waals surface area contributed by atoms with Crippen LogP contribution < -0.4 is 20.1 Å². The van der Waals surface area contributed by atoms with Crippen molar-refractivity contribution < 1.29 is 23.5 Å². The molecule has 1 unspecified atom stereocenters. The van der Waals surface area contributed by atoms with Crippen molar-refractivity contribution in [2.24, 2.45) is 5.92 Å². The van der Waals surface area contributed by atoms with Gasteiger partial charge < -0.3 is 24.5 Å². The molecule has 1 atom stereocenters. The van der Waals surface area contributed by atoms with Crippen LogP contribution in [0.4, 0.5) is 5.69 Å². The van der Waals surface area contributed by atoms with Gasteiger partial charge >= 0.3 is 0 Å². The van der Waals surface area contributed by atoms with Crippen LogP contribution in [0.25, 0.3) is 0 Å². The fraction of sp³-hybridized carbons (Fsp3) is 0.333. The quantitative estimate of drug-likeness (QED) is 0.834. The molecule has 26 heavy (non-hydrogen) atoms. The fourth-order valence-corrected chi connectivity index (χ4v) is 2.73. The lowest BCUT2D eigenvalue weighted by molar-refractivity contribution is -0.118. The van der Waals surface area contributed by atoms with E-state index in [0.29, 0.717) is 35.4 Å². The summed E-state index contributed by atoms with van der Waals surface area (Å²) < 4.78 is 16.0. The summed E-state index contributed by atoms with van der Waals surface area (Å²) in [5.74, 6) is 0.184. The second kappa shape index (κ2) is 7.70. The molecule has 2 amide bonds. The van der Waals surface area contributed by atoms with Crippen LogP contribution in [-0.4, -0.2) is 31.1 Å². The summed E-state index contributed by atoms with van der Waals surface area (Å²) in [7, 11) is 0. The molecule has 7 nitrogen and oxygen atoms in total. The molecule has 1 aromatic carbocycles. The maximum atomic E-state index is 12.7. The van der Waals surface area contributed by atoms with Gasteiger partial charge in [0.25, 0.3) is 5.91 Å². The molecular weight excluding hydrogens is 360 g/mol. The predicted octanol–water partition coefficient (Wildman–Crippen LogP) is 3.10. The number of carbonyl (C=O) groups excluding carboxylic acids is 2. The highest BCUT2D eigenvalue weighted by Gasteiger charge is 2.27. The fourth-order valence-electron chi connectivity index (χ4n) is 2.53. The van der Waals surface area contributed by atoms with Gasteiger partial charge in [0.05, 0.1) is 17.0 Å². The standard InChI is InChI=1S/C18H19ClN2O5/c1-10(2)16(21-17(22)13-4-3-5-24-13)18(23)20-12-9-15-14(8-11(12)19)25-6-7-26-15/h3-5,8-10,16H,6-7H2,1-2H3,(H,20,23)(H,21,22). The molecule has 0 aliphatic carbocycles. The van der Waals surface area contributed by atoms with Crippen LogP contribution in [-0.2, 0) is 4.79 Å². The van der Waals surface area contributed by atoms with E-state index in [1.54, 1.807) is 18.2 Å². The summed E-state index contributed by atoms with van der Waals surface area (Å²) in [6, 6.07) is 5.58. The highest BCUT2D eigenvalue weighted by molar-refractivity contribution is 6.34. The molecule has 0 spiro atoms. The highest BCUT2D eigenvalue weighted by Crippen LogP contribution is 2.38. The molecule has 0 fully saturated rings. The summed E-state index contributed by atoms with van der Waals surface area (Å²) in [6.45, 7) is 4.54. The van der Waals surface area contributed by atoms with E-state index < -0.39 is 17.9 Å². The van der Waals surface area contributed by atoms with Gasteiger partial charge in [-0.25, -0.2) is 0 Å². The van der Waals surface area contributed by atoms with Crippen molar-refractivity contribution in [2.75, 3.05) is 18.5 Å². The van der Waals surface area contributed by atoms with Crippen LogP contribution in [0.2, 0.25) is 5.02 Å². The predicted molar refractivity (Wildman–Crippen MR) is 95.9 cm³/mol. The van der Waals surface area contributed by atoms with E-state index in [2.05, 4.69) is 10.6 Å². The van der Waals surface area contributed by atoms with E-state index in [1.165, 1.54) is 12.3 Å². The normalized spacial score (nSPS) is 14.0. The number of furan rings is 1. The first kappa shape index (κ1) is 18.1. The minimum atomic E-state index is -0.767. The van der Waals surface area contributed by atoms with Crippen LogP contribution in [0, 0.1) is 5.92 Å². The molecule has 0 saturated carbocycles. The summed E-state index contributed by atoms with van der Waals surface area (Å²) in [4.78, 5) is 24.9. The van der Waals surface area contributed by atoms with E-state index in [1.807, 2.05) is 13.8 Å². The minimum Gasteiger partial charge on any atom is -0.486 e.